The van der Waals surface area contributed by atoms with Crippen molar-refractivity contribution in [3.63, 3.8) is 0 Å². The van der Waals surface area contributed by atoms with Crippen LogP contribution in [0.25, 0.3) is 0 Å². The molecule has 1 aromatic heterocycles. The van der Waals surface area contributed by atoms with Crippen molar-refractivity contribution in [3.05, 3.63) is 41.5 Å². The van der Waals surface area contributed by atoms with Gasteiger partial charge in [-0.2, -0.15) is 0 Å². The second-order valence-electron chi connectivity index (χ2n) is 6.12. The molecule has 1 aliphatic heterocycles. The molecule has 1 aliphatic rings. The molecule has 1 aromatic carbocycles. The van der Waals surface area contributed by atoms with Gasteiger partial charge in [-0.1, -0.05) is 18.2 Å². The number of nitrogens with two attached hydrogens (primary N) is 1. The number of ether oxygens (including phenoxy) is 1. The minimum Gasteiger partial charge on any atom is -0.380 e. The second kappa shape index (κ2) is 9.14. The molecular weight excluding hydrogens is 431 g/mol. The van der Waals surface area contributed by atoms with Crippen LogP contribution in [0, 0.1) is 12.8 Å². The third kappa shape index (κ3) is 4.91. The minimum atomic E-state index is 0. The van der Waals surface area contributed by atoms with E-state index in [1.165, 1.54) is 0 Å². The highest BCUT2D eigenvalue weighted by molar-refractivity contribution is 14.0. The fraction of sp³-hybridized carbons (Fsp3) is 0.471. The predicted octanol–water partition coefficient (Wildman–Crippen LogP) is 2.34. The van der Waals surface area contributed by atoms with Crippen molar-refractivity contribution in [2.45, 2.75) is 32.9 Å². The number of aryl methyl sites for hydroxylation is 2. The number of nitrogens with zero attached hydrogens (tertiary/aromatic N) is 4. The summed E-state index contributed by atoms with van der Waals surface area (Å²) in [6.07, 6.45) is 2.01. The van der Waals surface area contributed by atoms with Crippen LogP contribution in [0.4, 0.5) is 5.69 Å². The number of para-hydroxylation sites is 1. The van der Waals surface area contributed by atoms with Gasteiger partial charge in [-0.25, -0.2) is 0 Å². The van der Waals surface area contributed by atoms with Crippen LogP contribution in [-0.4, -0.2) is 34.4 Å². The van der Waals surface area contributed by atoms with E-state index < -0.39 is 0 Å². The van der Waals surface area contributed by atoms with Crippen molar-refractivity contribution in [1.82, 2.24) is 14.8 Å². The molecule has 0 radical (unpaired) electrons. The van der Waals surface area contributed by atoms with Crippen molar-refractivity contribution < 1.29 is 4.74 Å². The Labute approximate surface area is 165 Å². The van der Waals surface area contributed by atoms with Gasteiger partial charge < -0.3 is 20.4 Å². The van der Waals surface area contributed by atoms with Crippen LogP contribution in [0.15, 0.2) is 29.3 Å². The van der Waals surface area contributed by atoms with Crippen molar-refractivity contribution in [3.8, 4) is 0 Å². The maximum absolute atomic E-state index is 6.06. The fourth-order valence-electron chi connectivity index (χ4n) is 3.01. The van der Waals surface area contributed by atoms with Gasteiger partial charge in [0.1, 0.15) is 11.6 Å². The number of aromatic nitrogens is 3. The van der Waals surface area contributed by atoms with E-state index in [0.29, 0.717) is 25.0 Å². The van der Waals surface area contributed by atoms with Crippen LogP contribution in [0.3, 0.4) is 0 Å². The van der Waals surface area contributed by atoms with E-state index in [-0.39, 0.29) is 24.0 Å². The molecular formula is C17H25IN6O. The number of benzene rings is 1. The number of anilines is 1. The lowest BCUT2D eigenvalue weighted by Gasteiger charge is -2.22. The highest BCUT2D eigenvalue weighted by Crippen LogP contribution is 2.20. The van der Waals surface area contributed by atoms with Crippen LogP contribution in [0.5, 0.6) is 0 Å². The molecule has 25 heavy (non-hydrogen) atoms. The highest BCUT2D eigenvalue weighted by atomic mass is 127. The van der Waals surface area contributed by atoms with E-state index in [9.17, 15) is 0 Å². The monoisotopic (exact) mass is 456 g/mol. The molecule has 0 saturated carbocycles. The predicted molar refractivity (Wildman–Crippen MR) is 109 cm³/mol. The first-order chi connectivity index (χ1) is 11.7. The molecule has 3 N–H and O–H groups in total. The number of aliphatic imine (C=N–C) groups is 1. The largest absolute Gasteiger partial charge is 0.380 e. The summed E-state index contributed by atoms with van der Waals surface area (Å²) >= 11 is 0. The van der Waals surface area contributed by atoms with E-state index in [0.717, 1.165) is 42.3 Å². The number of nitrogens with one attached hydrogen (secondary N) is 1. The van der Waals surface area contributed by atoms with E-state index in [1.807, 2.05) is 31.2 Å². The topological polar surface area (TPSA) is 90.3 Å². The molecule has 3 rings (SSSR count). The molecule has 1 unspecified atom stereocenters. The fourth-order valence-corrected chi connectivity index (χ4v) is 3.01. The summed E-state index contributed by atoms with van der Waals surface area (Å²) < 4.78 is 7.39. The summed E-state index contributed by atoms with van der Waals surface area (Å²) in [7, 11) is 1.68. The third-order valence-electron chi connectivity index (χ3n) is 4.33. The molecule has 0 fully saturated rings. The van der Waals surface area contributed by atoms with Crippen molar-refractivity contribution in [2.75, 3.05) is 19.0 Å². The summed E-state index contributed by atoms with van der Waals surface area (Å²) in [5, 5.41) is 11.5. The summed E-state index contributed by atoms with van der Waals surface area (Å²) in [5.41, 5.74) is 8.05. The average molecular weight is 456 g/mol. The normalized spacial score (nSPS) is 16.9. The zero-order valence-electron chi connectivity index (χ0n) is 14.6. The molecule has 0 saturated heterocycles. The molecule has 8 heteroatoms. The number of hydrogen-bond donors (Lipinski definition) is 2. The molecule has 0 bridgehead atoms. The Hall–Kier alpha value is -1.68. The van der Waals surface area contributed by atoms with Gasteiger partial charge in [-0.15, -0.1) is 34.2 Å². The van der Waals surface area contributed by atoms with Gasteiger partial charge in [0.25, 0.3) is 0 Å². The van der Waals surface area contributed by atoms with Gasteiger partial charge in [0.05, 0.1) is 6.61 Å². The molecule has 0 aliphatic carbocycles. The smallest absolute Gasteiger partial charge is 0.193 e. The SMILES string of the molecule is COCc1ccccc1NC(N)=NCC1CCc2nnc(C)n2C1.I. The molecule has 2 aromatic rings. The highest BCUT2D eigenvalue weighted by Gasteiger charge is 2.21. The first-order valence-electron chi connectivity index (χ1n) is 8.20. The van der Waals surface area contributed by atoms with Crippen molar-refractivity contribution >= 4 is 35.6 Å². The van der Waals surface area contributed by atoms with E-state index in [4.69, 9.17) is 10.5 Å². The van der Waals surface area contributed by atoms with E-state index >= 15 is 0 Å². The number of guanidine groups is 1. The molecule has 7 nitrogen and oxygen atoms in total. The lowest BCUT2D eigenvalue weighted by molar-refractivity contribution is 0.185. The van der Waals surface area contributed by atoms with Gasteiger partial charge in [0.15, 0.2) is 5.96 Å². The Morgan fingerprint density at radius 2 is 2.20 bits per heavy atom. The van der Waals surface area contributed by atoms with E-state index in [2.05, 4.69) is 25.1 Å². The third-order valence-corrected chi connectivity index (χ3v) is 4.33. The Kier molecular flexibility index (Phi) is 7.18. The van der Waals surface area contributed by atoms with E-state index in [1.54, 1.807) is 7.11 Å². The first-order valence-corrected chi connectivity index (χ1v) is 8.20. The summed E-state index contributed by atoms with van der Waals surface area (Å²) in [6, 6.07) is 7.93. The number of rotatable bonds is 5. The Morgan fingerprint density at radius 1 is 1.40 bits per heavy atom. The van der Waals surface area contributed by atoms with Gasteiger partial charge in [0, 0.05) is 37.9 Å². The van der Waals surface area contributed by atoms with Crippen LogP contribution >= 0.6 is 24.0 Å². The van der Waals surface area contributed by atoms with Crippen molar-refractivity contribution in [2.24, 2.45) is 16.6 Å². The number of hydrogen-bond acceptors (Lipinski definition) is 4. The van der Waals surface area contributed by atoms with Gasteiger partial charge in [0.2, 0.25) is 0 Å². The maximum atomic E-state index is 6.06. The summed E-state index contributed by atoms with van der Waals surface area (Å²) in [4.78, 5) is 4.52. The Bertz CT molecular complexity index is 730. The zero-order chi connectivity index (χ0) is 16.9. The van der Waals surface area contributed by atoms with Gasteiger partial charge >= 0.3 is 0 Å². The summed E-state index contributed by atoms with van der Waals surface area (Å²) in [5.74, 6) is 2.94. The summed E-state index contributed by atoms with van der Waals surface area (Å²) in [6.45, 7) is 4.13. The van der Waals surface area contributed by atoms with Crippen LogP contribution in [0.1, 0.15) is 23.6 Å². The standard InChI is InChI=1S/C17H24N6O.HI/c1-12-21-22-16-8-7-13(10-23(12)16)9-19-17(18)20-15-6-4-3-5-14(15)11-24-2;/h3-6,13H,7-11H2,1-2H3,(H3,18,19,20);1H. The van der Waals surface area contributed by atoms with Crippen LogP contribution in [0.2, 0.25) is 0 Å². The molecule has 136 valence electrons. The van der Waals surface area contributed by atoms with Gasteiger partial charge in [-0.3, -0.25) is 4.99 Å². The second-order valence-corrected chi connectivity index (χ2v) is 6.12. The number of halogens is 1. The van der Waals surface area contributed by atoms with Crippen LogP contribution in [-0.2, 0) is 24.3 Å². The Morgan fingerprint density at radius 3 is 3.00 bits per heavy atom. The molecule has 0 spiro atoms. The lowest BCUT2D eigenvalue weighted by atomic mass is 9.99. The number of methoxy groups -OCH3 is 1. The Balaban J connectivity index is 0.00000225. The molecule has 1 atom stereocenters. The van der Waals surface area contributed by atoms with Gasteiger partial charge in [-0.05, 0) is 25.3 Å². The van der Waals surface area contributed by atoms with Crippen molar-refractivity contribution in [1.29, 1.82) is 0 Å². The first kappa shape index (κ1) is 19.6. The maximum Gasteiger partial charge on any atom is 0.193 e. The average Bonchev–Trinajstić information content (AvgIpc) is 2.96. The van der Waals surface area contributed by atoms with Crippen LogP contribution < -0.4 is 11.1 Å². The zero-order valence-corrected chi connectivity index (χ0v) is 16.9. The minimum absolute atomic E-state index is 0. The number of fused-ring (bicyclic) bond motifs is 1. The lowest BCUT2D eigenvalue weighted by Crippen LogP contribution is -2.27. The molecule has 0 amide bonds. The quantitative estimate of drug-likeness (QED) is 0.410. The molecule has 2 heterocycles.